The maximum Gasteiger partial charge on any atom is 0.269 e. The molecule has 0 unspecified atom stereocenters. The summed E-state index contributed by atoms with van der Waals surface area (Å²) >= 11 is 0. The van der Waals surface area contributed by atoms with Gasteiger partial charge in [-0.1, -0.05) is 6.07 Å². The van der Waals surface area contributed by atoms with Gasteiger partial charge in [-0.2, -0.15) is 0 Å². The van der Waals surface area contributed by atoms with E-state index in [9.17, 15) is 18.5 Å². The molecule has 0 saturated carbocycles. The Morgan fingerprint density at radius 2 is 1.76 bits per heavy atom. The quantitative estimate of drug-likeness (QED) is 0.486. The molecule has 0 aliphatic rings. The van der Waals surface area contributed by atoms with Gasteiger partial charge in [0.05, 0.1) is 4.92 Å². The third-order valence-corrected chi connectivity index (χ3v) is 3.98. The number of aryl methyl sites for hydroxylation is 1. The van der Waals surface area contributed by atoms with Crippen molar-refractivity contribution in [3.63, 3.8) is 0 Å². The lowest BCUT2D eigenvalue weighted by Crippen LogP contribution is -1.97. The van der Waals surface area contributed by atoms with E-state index in [2.05, 4.69) is 0 Å². The van der Waals surface area contributed by atoms with Gasteiger partial charge in [-0.25, -0.2) is 8.42 Å². The van der Waals surface area contributed by atoms with Crippen molar-refractivity contribution in [3.05, 3.63) is 58.1 Å². The third kappa shape index (κ3) is 3.71. The van der Waals surface area contributed by atoms with Crippen molar-refractivity contribution in [2.24, 2.45) is 0 Å². The molecule has 2 aromatic rings. The van der Waals surface area contributed by atoms with Crippen molar-refractivity contribution in [1.29, 1.82) is 0 Å². The molecule has 0 amide bonds. The number of ether oxygens (including phenoxy) is 1. The van der Waals surface area contributed by atoms with Gasteiger partial charge in [0.1, 0.15) is 16.4 Å². The van der Waals surface area contributed by atoms with Crippen LogP contribution in [0.4, 0.5) is 5.69 Å². The molecule has 0 radical (unpaired) electrons. The molecule has 2 aromatic carbocycles. The van der Waals surface area contributed by atoms with E-state index in [4.69, 9.17) is 15.4 Å². The summed E-state index contributed by atoms with van der Waals surface area (Å²) in [5.74, 6) is 0.329. The van der Waals surface area contributed by atoms with Crippen molar-refractivity contribution in [2.45, 2.75) is 11.8 Å². The highest BCUT2D eigenvalue weighted by Crippen LogP contribution is 2.32. The molecule has 110 valence electrons. The summed E-state index contributed by atoms with van der Waals surface area (Å²) in [4.78, 5) is 9.87. The zero-order valence-electron chi connectivity index (χ0n) is 10.8. The Hall–Kier alpha value is -2.12. The molecule has 0 atom stereocenters. The number of nitro benzene ring substituents is 1. The third-order valence-electron chi connectivity index (χ3n) is 2.64. The van der Waals surface area contributed by atoms with Crippen LogP contribution in [0.1, 0.15) is 5.56 Å². The average Bonchev–Trinajstić information content (AvgIpc) is 2.40. The second kappa shape index (κ2) is 5.71. The lowest BCUT2D eigenvalue weighted by atomic mass is 10.2. The van der Waals surface area contributed by atoms with Gasteiger partial charge in [0.15, 0.2) is 0 Å². The molecule has 0 N–H and O–H groups in total. The lowest BCUT2D eigenvalue weighted by Gasteiger charge is -2.09. The summed E-state index contributed by atoms with van der Waals surface area (Å²) < 4.78 is 28.5. The molecule has 0 bridgehead atoms. The Morgan fingerprint density at radius 1 is 1.14 bits per heavy atom. The van der Waals surface area contributed by atoms with Crippen LogP contribution in [0, 0.1) is 17.0 Å². The van der Waals surface area contributed by atoms with Gasteiger partial charge >= 0.3 is 0 Å². The van der Waals surface area contributed by atoms with Crippen molar-refractivity contribution < 1.29 is 18.1 Å². The van der Waals surface area contributed by atoms with E-state index < -0.39 is 14.0 Å². The average molecular weight is 328 g/mol. The van der Waals surface area contributed by atoms with Gasteiger partial charge < -0.3 is 4.74 Å². The van der Waals surface area contributed by atoms with E-state index in [0.29, 0.717) is 5.56 Å². The Balaban J connectivity index is 2.38. The van der Waals surface area contributed by atoms with E-state index in [0.717, 1.165) is 0 Å². The first-order valence-electron chi connectivity index (χ1n) is 5.75. The summed E-state index contributed by atoms with van der Waals surface area (Å²) in [6.07, 6.45) is 0. The van der Waals surface area contributed by atoms with E-state index >= 15 is 0 Å². The fourth-order valence-corrected chi connectivity index (χ4v) is 2.69. The van der Waals surface area contributed by atoms with Gasteiger partial charge in [0.2, 0.25) is 0 Å². The molecular weight excluding hydrogens is 318 g/mol. The second-order valence-electron chi connectivity index (χ2n) is 4.24. The number of nitro groups is 1. The van der Waals surface area contributed by atoms with Crippen molar-refractivity contribution in [1.82, 2.24) is 0 Å². The Kier molecular flexibility index (Phi) is 4.15. The van der Waals surface area contributed by atoms with Crippen molar-refractivity contribution in [2.75, 3.05) is 0 Å². The number of hydrogen-bond donors (Lipinski definition) is 0. The summed E-state index contributed by atoms with van der Waals surface area (Å²) in [6.45, 7) is 1.72. The van der Waals surface area contributed by atoms with Gasteiger partial charge in [-0.3, -0.25) is 10.1 Å². The predicted molar refractivity (Wildman–Crippen MR) is 77.4 cm³/mol. The van der Waals surface area contributed by atoms with Crippen LogP contribution < -0.4 is 4.74 Å². The van der Waals surface area contributed by atoms with Crippen LogP contribution in [-0.2, 0) is 9.05 Å². The molecule has 21 heavy (non-hydrogen) atoms. The number of halogens is 1. The van der Waals surface area contributed by atoms with Crippen LogP contribution in [-0.4, -0.2) is 13.3 Å². The summed E-state index contributed by atoms with van der Waals surface area (Å²) in [5.41, 5.74) is 0.627. The van der Waals surface area contributed by atoms with Crippen LogP contribution in [0.15, 0.2) is 47.4 Å². The maximum atomic E-state index is 11.5. The highest BCUT2D eigenvalue weighted by atomic mass is 35.7. The Morgan fingerprint density at radius 3 is 2.29 bits per heavy atom. The molecule has 8 heteroatoms. The molecule has 0 spiro atoms. The molecule has 0 saturated heterocycles. The molecular formula is C13H10ClNO5S. The van der Waals surface area contributed by atoms with Gasteiger partial charge in [0.25, 0.3) is 14.7 Å². The Labute approximate surface area is 125 Å². The fraction of sp³-hybridized carbons (Fsp3) is 0.0769. The largest absolute Gasteiger partial charge is 0.456 e. The summed E-state index contributed by atoms with van der Waals surface area (Å²) in [5, 5.41) is 10.6. The molecule has 0 aliphatic carbocycles. The number of non-ortho nitro benzene ring substituents is 1. The SMILES string of the molecule is Cc1ccc(Oc2ccc([N+](=O)[O-])cc2)c(S(=O)(=O)Cl)c1. The zero-order valence-corrected chi connectivity index (χ0v) is 12.4. The monoisotopic (exact) mass is 327 g/mol. The smallest absolute Gasteiger partial charge is 0.269 e. The van der Waals surface area contributed by atoms with Crippen molar-refractivity contribution in [3.8, 4) is 11.5 Å². The van der Waals surface area contributed by atoms with E-state index in [-0.39, 0.29) is 22.1 Å². The van der Waals surface area contributed by atoms with E-state index in [1.54, 1.807) is 13.0 Å². The van der Waals surface area contributed by atoms with Crippen LogP contribution >= 0.6 is 10.7 Å². The first kappa shape index (κ1) is 15.3. The minimum absolute atomic E-state index is 0.0597. The predicted octanol–water partition coefficient (Wildman–Crippen LogP) is 3.62. The molecule has 0 fully saturated rings. The number of nitrogens with zero attached hydrogens (tertiary/aromatic N) is 1. The topological polar surface area (TPSA) is 86.5 Å². The molecule has 0 aromatic heterocycles. The standard InChI is InChI=1S/C13H10ClNO5S/c1-9-2-7-12(13(8-9)21(14,18)19)20-11-5-3-10(4-6-11)15(16)17/h2-8H,1H3. The minimum atomic E-state index is -3.96. The summed E-state index contributed by atoms with van der Waals surface area (Å²) in [7, 11) is 1.41. The normalized spacial score (nSPS) is 11.1. The molecule has 0 heterocycles. The second-order valence-corrected chi connectivity index (χ2v) is 6.78. The Bertz CT molecular complexity index is 787. The van der Waals surface area contributed by atoms with Crippen LogP contribution in [0.5, 0.6) is 11.5 Å². The van der Waals surface area contributed by atoms with Crippen LogP contribution in [0.25, 0.3) is 0 Å². The minimum Gasteiger partial charge on any atom is -0.456 e. The van der Waals surface area contributed by atoms with Crippen LogP contribution in [0.3, 0.4) is 0 Å². The first-order chi connectivity index (χ1) is 9.77. The molecule has 6 nitrogen and oxygen atoms in total. The van der Waals surface area contributed by atoms with Gasteiger partial charge in [-0.15, -0.1) is 0 Å². The molecule has 2 rings (SSSR count). The van der Waals surface area contributed by atoms with E-state index in [1.807, 2.05) is 0 Å². The maximum absolute atomic E-state index is 11.5. The number of hydrogen-bond acceptors (Lipinski definition) is 5. The number of rotatable bonds is 4. The van der Waals surface area contributed by atoms with Crippen LogP contribution in [0.2, 0.25) is 0 Å². The van der Waals surface area contributed by atoms with Crippen molar-refractivity contribution >= 4 is 25.4 Å². The number of benzene rings is 2. The summed E-state index contributed by atoms with van der Waals surface area (Å²) in [6, 6.07) is 9.82. The molecule has 0 aliphatic heterocycles. The first-order valence-corrected chi connectivity index (χ1v) is 8.06. The van der Waals surface area contributed by atoms with E-state index in [1.165, 1.54) is 36.4 Å². The highest BCUT2D eigenvalue weighted by molar-refractivity contribution is 8.13. The highest BCUT2D eigenvalue weighted by Gasteiger charge is 2.18. The van der Waals surface area contributed by atoms with Gasteiger partial charge in [0, 0.05) is 22.8 Å². The van der Waals surface area contributed by atoms with Gasteiger partial charge in [-0.05, 0) is 36.8 Å². The fourth-order valence-electron chi connectivity index (χ4n) is 1.65. The zero-order chi connectivity index (χ0) is 15.6. The lowest BCUT2D eigenvalue weighted by molar-refractivity contribution is -0.384.